The Balaban J connectivity index is 1.92. The Labute approximate surface area is 133 Å². The number of ether oxygens (including phenoxy) is 2. The lowest BCUT2D eigenvalue weighted by Gasteiger charge is -2.33. The minimum Gasteiger partial charge on any atom is -0.497 e. The van der Waals surface area contributed by atoms with Gasteiger partial charge in [-0.15, -0.1) is 0 Å². The predicted octanol–water partition coefficient (Wildman–Crippen LogP) is 3.07. The van der Waals surface area contributed by atoms with E-state index in [4.69, 9.17) is 9.47 Å². The Hall–Kier alpha value is -1.55. The SMILES string of the molecule is COCC1CCCN(C(=O)CC(C)c2cccc(OC)c2)C1. The number of amides is 1. The molecule has 1 amide bonds. The maximum Gasteiger partial charge on any atom is 0.223 e. The van der Waals surface area contributed by atoms with Crippen molar-refractivity contribution in [2.24, 2.45) is 5.92 Å². The molecule has 4 nitrogen and oxygen atoms in total. The molecular formula is C18H27NO3. The van der Waals surface area contributed by atoms with Gasteiger partial charge in [0.2, 0.25) is 5.91 Å². The summed E-state index contributed by atoms with van der Waals surface area (Å²) in [7, 11) is 3.39. The summed E-state index contributed by atoms with van der Waals surface area (Å²) in [5.74, 6) is 1.77. The molecule has 122 valence electrons. The first kappa shape index (κ1) is 16.8. The molecule has 0 N–H and O–H groups in total. The van der Waals surface area contributed by atoms with E-state index in [2.05, 4.69) is 13.0 Å². The van der Waals surface area contributed by atoms with Crippen molar-refractivity contribution in [3.8, 4) is 5.75 Å². The molecular weight excluding hydrogens is 278 g/mol. The van der Waals surface area contributed by atoms with Crippen molar-refractivity contribution in [1.82, 2.24) is 4.90 Å². The Morgan fingerprint density at radius 3 is 2.95 bits per heavy atom. The van der Waals surface area contributed by atoms with Crippen LogP contribution < -0.4 is 4.74 Å². The second-order valence-electron chi connectivity index (χ2n) is 6.19. The number of hydrogen-bond acceptors (Lipinski definition) is 3. The maximum absolute atomic E-state index is 12.5. The van der Waals surface area contributed by atoms with Gasteiger partial charge in [0.25, 0.3) is 0 Å². The fraction of sp³-hybridized carbons (Fsp3) is 0.611. The van der Waals surface area contributed by atoms with Gasteiger partial charge in [-0.3, -0.25) is 4.79 Å². The van der Waals surface area contributed by atoms with Crippen LogP contribution in [0, 0.1) is 5.92 Å². The molecule has 1 aromatic carbocycles. The fourth-order valence-corrected chi connectivity index (χ4v) is 3.12. The molecule has 2 unspecified atom stereocenters. The van der Waals surface area contributed by atoms with Crippen LogP contribution in [0.15, 0.2) is 24.3 Å². The molecule has 22 heavy (non-hydrogen) atoms. The number of carbonyl (C=O) groups is 1. The van der Waals surface area contributed by atoms with Crippen molar-refractivity contribution >= 4 is 5.91 Å². The van der Waals surface area contributed by atoms with Crippen molar-refractivity contribution in [2.75, 3.05) is 33.9 Å². The van der Waals surface area contributed by atoms with Crippen molar-refractivity contribution < 1.29 is 14.3 Å². The molecule has 0 aromatic heterocycles. The third kappa shape index (κ3) is 4.47. The van der Waals surface area contributed by atoms with Crippen LogP contribution in [-0.2, 0) is 9.53 Å². The van der Waals surface area contributed by atoms with Crippen LogP contribution >= 0.6 is 0 Å². The minimum atomic E-state index is 0.199. The summed E-state index contributed by atoms with van der Waals surface area (Å²) in [6, 6.07) is 7.98. The Kier molecular flexibility index (Phi) is 6.25. The number of carbonyl (C=O) groups excluding carboxylic acids is 1. The maximum atomic E-state index is 12.5. The number of benzene rings is 1. The van der Waals surface area contributed by atoms with Crippen LogP contribution in [0.5, 0.6) is 5.75 Å². The van der Waals surface area contributed by atoms with Crippen molar-refractivity contribution in [2.45, 2.75) is 32.1 Å². The third-order valence-electron chi connectivity index (χ3n) is 4.42. The van der Waals surface area contributed by atoms with E-state index in [1.807, 2.05) is 23.1 Å². The molecule has 1 aliphatic rings. The number of rotatable bonds is 6. The molecule has 1 heterocycles. The summed E-state index contributed by atoms with van der Waals surface area (Å²) in [5.41, 5.74) is 1.15. The smallest absolute Gasteiger partial charge is 0.223 e. The molecule has 1 saturated heterocycles. The highest BCUT2D eigenvalue weighted by Gasteiger charge is 2.24. The van der Waals surface area contributed by atoms with Crippen molar-refractivity contribution in [3.63, 3.8) is 0 Å². The summed E-state index contributed by atoms with van der Waals surface area (Å²) in [4.78, 5) is 14.5. The number of nitrogens with zero attached hydrogens (tertiary/aromatic N) is 1. The van der Waals surface area contributed by atoms with Crippen LogP contribution in [0.3, 0.4) is 0 Å². The topological polar surface area (TPSA) is 38.8 Å². The van der Waals surface area contributed by atoms with Crippen molar-refractivity contribution in [1.29, 1.82) is 0 Å². The molecule has 0 bridgehead atoms. The number of likely N-dealkylation sites (tertiary alicyclic amines) is 1. The lowest BCUT2D eigenvalue weighted by molar-refractivity contribution is -0.133. The molecule has 1 aromatic rings. The first-order valence-electron chi connectivity index (χ1n) is 8.04. The lowest BCUT2D eigenvalue weighted by atomic mass is 9.95. The van der Waals surface area contributed by atoms with Crippen molar-refractivity contribution in [3.05, 3.63) is 29.8 Å². The van der Waals surface area contributed by atoms with Gasteiger partial charge in [-0.25, -0.2) is 0 Å². The number of hydrogen-bond donors (Lipinski definition) is 0. The molecule has 2 atom stereocenters. The van der Waals surface area contributed by atoms with Gasteiger partial charge in [-0.2, -0.15) is 0 Å². The molecule has 0 spiro atoms. The Bertz CT molecular complexity index is 487. The van der Waals surface area contributed by atoms with Gasteiger partial charge < -0.3 is 14.4 Å². The Morgan fingerprint density at radius 1 is 1.41 bits per heavy atom. The number of piperidine rings is 1. The van der Waals surface area contributed by atoms with E-state index in [0.717, 1.165) is 43.9 Å². The molecule has 2 rings (SSSR count). The summed E-state index contributed by atoms with van der Waals surface area (Å²) >= 11 is 0. The highest BCUT2D eigenvalue weighted by atomic mass is 16.5. The zero-order chi connectivity index (χ0) is 15.9. The van der Waals surface area contributed by atoms with Crippen LogP contribution in [0.25, 0.3) is 0 Å². The quantitative estimate of drug-likeness (QED) is 0.811. The fourth-order valence-electron chi connectivity index (χ4n) is 3.12. The van der Waals surface area contributed by atoms with E-state index in [-0.39, 0.29) is 11.8 Å². The highest BCUT2D eigenvalue weighted by molar-refractivity contribution is 5.77. The first-order chi connectivity index (χ1) is 10.6. The molecule has 4 heteroatoms. The summed E-state index contributed by atoms with van der Waals surface area (Å²) in [5, 5.41) is 0. The van der Waals surface area contributed by atoms with Gasteiger partial charge in [0, 0.05) is 26.6 Å². The van der Waals surface area contributed by atoms with Crippen LogP contribution in [0.1, 0.15) is 37.7 Å². The average molecular weight is 305 g/mol. The summed E-state index contributed by atoms with van der Waals surface area (Å²) < 4.78 is 10.5. The molecule has 0 radical (unpaired) electrons. The second-order valence-corrected chi connectivity index (χ2v) is 6.19. The van der Waals surface area contributed by atoms with Gasteiger partial charge in [0.05, 0.1) is 13.7 Å². The predicted molar refractivity (Wildman–Crippen MR) is 87.2 cm³/mol. The van der Waals surface area contributed by atoms with Gasteiger partial charge in [-0.1, -0.05) is 19.1 Å². The van der Waals surface area contributed by atoms with Gasteiger partial charge in [0.1, 0.15) is 5.75 Å². The normalized spacial score (nSPS) is 19.8. The largest absolute Gasteiger partial charge is 0.497 e. The monoisotopic (exact) mass is 305 g/mol. The standard InChI is InChI=1S/C18H27NO3/c1-14(16-7-4-8-17(11-16)22-3)10-18(20)19-9-5-6-15(12-19)13-21-2/h4,7-8,11,14-15H,5-6,9-10,12-13H2,1-3H3. The van der Waals surface area contributed by atoms with E-state index < -0.39 is 0 Å². The molecule has 1 aliphatic heterocycles. The zero-order valence-corrected chi connectivity index (χ0v) is 13.9. The molecule has 0 saturated carbocycles. The zero-order valence-electron chi connectivity index (χ0n) is 13.9. The van der Waals surface area contributed by atoms with Crippen LogP contribution in [0.2, 0.25) is 0 Å². The average Bonchev–Trinajstić information content (AvgIpc) is 2.55. The van der Waals surface area contributed by atoms with Gasteiger partial charge in [-0.05, 0) is 42.4 Å². The third-order valence-corrected chi connectivity index (χ3v) is 4.42. The summed E-state index contributed by atoms with van der Waals surface area (Å²) in [6.45, 7) is 4.56. The van der Waals surface area contributed by atoms with E-state index in [1.165, 1.54) is 0 Å². The first-order valence-corrected chi connectivity index (χ1v) is 8.04. The lowest BCUT2D eigenvalue weighted by Crippen LogP contribution is -2.41. The van der Waals surface area contributed by atoms with E-state index >= 15 is 0 Å². The van der Waals surface area contributed by atoms with Crippen LogP contribution in [-0.4, -0.2) is 44.7 Å². The van der Waals surface area contributed by atoms with E-state index in [9.17, 15) is 4.79 Å². The van der Waals surface area contributed by atoms with Gasteiger partial charge >= 0.3 is 0 Å². The minimum absolute atomic E-state index is 0.199. The van der Waals surface area contributed by atoms with E-state index in [1.54, 1.807) is 14.2 Å². The number of methoxy groups -OCH3 is 2. The Morgan fingerprint density at radius 2 is 2.23 bits per heavy atom. The van der Waals surface area contributed by atoms with Gasteiger partial charge in [0.15, 0.2) is 0 Å². The second kappa shape index (κ2) is 8.18. The summed E-state index contributed by atoms with van der Waals surface area (Å²) in [6.07, 6.45) is 2.78. The van der Waals surface area contributed by atoms with E-state index in [0.29, 0.717) is 12.3 Å². The molecule has 0 aliphatic carbocycles. The highest BCUT2D eigenvalue weighted by Crippen LogP contribution is 2.25. The van der Waals surface area contributed by atoms with Crippen LogP contribution in [0.4, 0.5) is 0 Å². The molecule has 1 fully saturated rings.